The lowest BCUT2D eigenvalue weighted by atomic mass is 10.3. The highest BCUT2D eigenvalue weighted by molar-refractivity contribution is 7.99. The Hall–Kier alpha value is -2.42. The summed E-state index contributed by atoms with van der Waals surface area (Å²) >= 11 is 1.47. The molecule has 0 spiro atoms. The fourth-order valence-corrected chi connectivity index (χ4v) is 4.07. The van der Waals surface area contributed by atoms with Crippen LogP contribution in [-0.4, -0.2) is 67.5 Å². The van der Waals surface area contributed by atoms with Crippen molar-refractivity contribution < 1.29 is 4.79 Å². The lowest BCUT2D eigenvalue weighted by molar-refractivity contribution is -0.128. The number of thioether (sulfide) groups is 1. The summed E-state index contributed by atoms with van der Waals surface area (Å²) in [5.41, 5.74) is 0. The summed E-state index contributed by atoms with van der Waals surface area (Å²) in [6.45, 7) is 7.45. The van der Waals surface area contributed by atoms with E-state index in [2.05, 4.69) is 36.2 Å². The minimum Gasteiger partial charge on any atom is -0.352 e. The smallest absolute Gasteiger partial charge is 0.233 e. The number of allylic oxidation sites excluding steroid dienone is 1. The third-order valence-electron chi connectivity index (χ3n) is 4.83. The Balaban J connectivity index is 1.31. The lowest BCUT2D eigenvalue weighted by Crippen LogP contribution is -2.49. The molecule has 0 atom stereocenters. The van der Waals surface area contributed by atoms with Gasteiger partial charge in [0.1, 0.15) is 11.6 Å². The largest absolute Gasteiger partial charge is 0.352 e. The maximum absolute atomic E-state index is 12.6. The number of piperazine rings is 1. The molecule has 2 fully saturated rings. The zero-order valence-corrected chi connectivity index (χ0v) is 16.0. The van der Waals surface area contributed by atoms with Gasteiger partial charge >= 0.3 is 0 Å². The molecule has 1 aliphatic heterocycles. The standard InChI is InChI=1S/C18H23N7OS/c1-2-7-25-17(14-3-4-14)21-22-18(25)27-13-16(26)24-10-8-23(9-11-24)15-12-19-5-6-20-15/h2,5-6,12,14H,1,3-4,7-11,13H2. The molecule has 0 aromatic carbocycles. The van der Waals surface area contributed by atoms with E-state index in [4.69, 9.17) is 0 Å². The minimum atomic E-state index is 0.139. The van der Waals surface area contributed by atoms with Crippen molar-refractivity contribution in [2.24, 2.45) is 0 Å². The van der Waals surface area contributed by atoms with Gasteiger partial charge in [-0.25, -0.2) is 4.98 Å². The van der Waals surface area contributed by atoms with E-state index in [-0.39, 0.29) is 5.91 Å². The highest BCUT2D eigenvalue weighted by atomic mass is 32.2. The minimum absolute atomic E-state index is 0.139. The lowest BCUT2D eigenvalue weighted by Gasteiger charge is -2.35. The summed E-state index contributed by atoms with van der Waals surface area (Å²) in [4.78, 5) is 25.1. The Morgan fingerprint density at radius 3 is 2.70 bits per heavy atom. The topological polar surface area (TPSA) is 80.0 Å². The Bertz CT molecular complexity index is 797. The Labute approximate surface area is 162 Å². The number of amides is 1. The summed E-state index contributed by atoms with van der Waals surface area (Å²) in [5.74, 6) is 2.94. The maximum Gasteiger partial charge on any atom is 0.233 e. The molecule has 3 heterocycles. The number of anilines is 1. The maximum atomic E-state index is 12.6. The quantitative estimate of drug-likeness (QED) is 0.529. The van der Waals surface area contributed by atoms with E-state index >= 15 is 0 Å². The first kappa shape index (κ1) is 18.0. The molecule has 0 unspecified atom stereocenters. The van der Waals surface area contributed by atoms with Crippen molar-refractivity contribution in [2.75, 3.05) is 36.8 Å². The first-order chi connectivity index (χ1) is 13.3. The molecular formula is C18H23N7OS. The summed E-state index contributed by atoms with van der Waals surface area (Å²) in [5, 5.41) is 9.44. The molecule has 2 aromatic rings. The molecule has 0 N–H and O–H groups in total. The third-order valence-corrected chi connectivity index (χ3v) is 5.78. The van der Waals surface area contributed by atoms with E-state index in [1.54, 1.807) is 18.6 Å². The summed E-state index contributed by atoms with van der Waals surface area (Å²) in [6, 6.07) is 0. The molecule has 1 saturated heterocycles. The van der Waals surface area contributed by atoms with Gasteiger partial charge in [-0.2, -0.15) is 0 Å². The van der Waals surface area contributed by atoms with Gasteiger partial charge in [0.25, 0.3) is 0 Å². The van der Waals surface area contributed by atoms with Gasteiger partial charge in [0.05, 0.1) is 11.9 Å². The summed E-state index contributed by atoms with van der Waals surface area (Å²) in [6.07, 6.45) is 9.33. The van der Waals surface area contributed by atoms with Gasteiger partial charge in [-0.15, -0.1) is 16.8 Å². The van der Waals surface area contributed by atoms with Crippen molar-refractivity contribution in [1.29, 1.82) is 0 Å². The Morgan fingerprint density at radius 1 is 1.22 bits per heavy atom. The van der Waals surface area contributed by atoms with Crippen molar-refractivity contribution >= 4 is 23.5 Å². The monoisotopic (exact) mass is 385 g/mol. The molecule has 2 aromatic heterocycles. The second-order valence-corrected chi connectivity index (χ2v) is 7.68. The number of hydrogen-bond acceptors (Lipinski definition) is 7. The van der Waals surface area contributed by atoms with E-state index in [1.165, 1.54) is 24.6 Å². The van der Waals surface area contributed by atoms with Gasteiger partial charge in [-0.3, -0.25) is 9.78 Å². The molecule has 1 saturated carbocycles. The second-order valence-electron chi connectivity index (χ2n) is 6.73. The van der Waals surface area contributed by atoms with Gasteiger partial charge in [-0.05, 0) is 12.8 Å². The average molecular weight is 385 g/mol. The van der Waals surface area contributed by atoms with Gasteiger partial charge < -0.3 is 14.4 Å². The van der Waals surface area contributed by atoms with Gasteiger partial charge in [0.15, 0.2) is 5.16 Å². The molecule has 4 rings (SSSR count). The number of rotatable bonds is 7. The molecule has 142 valence electrons. The van der Waals surface area contributed by atoms with E-state index in [9.17, 15) is 4.79 Å². The third kappa shape index (κ3) is 4.13. The highest BCUT2D eigenvalue weighted by Gasteiger charge is 2.30. The predicted octanol–water partition coefficient (Wildman–Crippen LogP) is 1.57. The van der Waals surface area contributed by atoms with Crippen molar-refractivity contribution in [1.82, 2.24) is 29.6 Å². The molecular weight excluding hydrogens is 362 g/mol. The van der Waals surface area contributed by atoms with E-state index in [0.29, 0.717) is 31.3 Å². The van der Waals surface area contributed by atoms with Crippen LogP contribution in [-0.2, 0) is 11.3 Å². The zero-order chi connectivity index (χ0) is 18.6. The fourth-order valence-electron chi connectivity index (χ4n) is 3.21. The van der Waals surface area contributed by atoms with Crippen LogP contribution in [0.25, 0.3) is 0 Å². The van der Waals surface area contributed by atoms with Crippen LogP contribution in [0.5, 0.6) is 0 Å². The molecule has 9 heteroatoms. The summed E-state index contributed by atoms with van der Waals surface area (Å²) < 4.78 is 2.09. The molecule has 1 amide bonds. The fraction of sp³-hybridized carbons (Fsp3) is 0.500. The first-order valence-corrected chi connectivity index (χ1v) is 10.2. The zero-order valence-electron chi connectivity index (χ0n) is 15.2. The van der Waals surface area contributed by atoms with Crippen LogP contribution in [0, 0.1) is 0 Å². The number of carbonyl (C=O) groups is 1. The number of nitrogens with zero attached hydrogens (tertiary/aromatic N) is 7. The van der Waals surface area contributed by atoms with Crippen molar-refractivity contribution in [2.45, 2.75) is 30.5 Å². The number of aromatic nitrogens is 5. The summed E-state index contributed by atoms with van der Waals surface area (Å²) in [7, 11) is 0. The second kappa shape index (κ2) is 8.08. The first-order valence-electron chi connectivity index (χ1n) is 9.22. The molecule has 8 nitrogen and oxygen atoms in total. The molecule has 1 aliphatic carbocycles. The number of carbonyl (C=O) groups excluding carboxylic acids is 1. The Kier molecular flexibility index (Phi) is 5.38. The van der Waals surface area contributed by atoms with Gasteiger partial charge in [-0.1, -0.05) is 17.8 Å². The molecule has 0 bridgehead atoms. The van der Waals surface area contributed by atoms with Crippen LogP contribution in [0.15, 0.2) is 36.4 Å². The highest BCUT2D eigenvalue weighted by Crippen LogP contribution is 2.40. The van der Waals surface area contributed by atoms with Crippen LogP contribution >= 0.6 is 11.8 Å². The molecule has 2 aliphatic rings. The molecule has 0 radical (unpaired) electrons. The van der Waals surface area contributed by atoms with Gasteiger partial charge in [0, 0.05) is 51.0 Å². The van der Waals surface area contributed by atoms with Crippen molar-refractivity contribution in [3.05, 3.63) is 37.1 Å². The van der Waals surface area contributed by atoms with Gasteiger partial charge in [0.2, 0.25) is 5.91 Å². The van der Waals surface area contributed by atoms with E-state index < -0.39 is 0 Å². The van der Waals surface area contributed by atoms with Crippen LogP contribution < -0.4 is 4.90 Å². The Morgan fingerprint density at radius 2 is 2.04 bits per heavy atom. The number of hydrogen-bond donors (Lipinski definition) is 0. The normalized spacial score (nSPS) is 17.2. The van der Waals surface area contributed by atoms with Crippen LogP contribution in [0.1, 0.15) is 24.6 Å². The van der Waals surface area contributed by atoms with Crippen LogP contribution in [0.4, 0.5) is 5.82 Å². The van der Waals surface area contributed by atoms with Crippen LogP contribution in [0.2, 0.25) is 0 Å². The average Bonchev–Trinajstić information content (AvgIpc) is 3.49. The van der Waals surface area contributed by atoms with Crippen LogP contribution in [0.3, 0.4) is 0 Å². The van der Waals surface area contributed by atoms with E-state index in [1.807, 2.05) is 11.0 Å². The van der Waals surface area contributed by atoms with Crippen molar-refractivity contribution in [3.63, 3.8) is 0 Å². The van der Waals surface area contributed by atoms with E-state index in [0.717, 1.165) is 29.9 Å². The SMILES string of the molecule is C=CCn1c(SCC(=O)N2CCN(c3cnccn3)CC2)nnc1C1CC1. The predicted molar refractivity (Wildman–Crippen MR) is 104 cm³/mol. The van der Waals surface area contributed by atoms with Crippen molar-refractivity contribution in [3.8, 4) is 0 Å². The molecule has 27 heavy (non-hydrogen) atoms.